The molecule has 4 aliphatic rings. The van der Waals surface area contributed by atoms with Crippen molar-refractivity contribution in [3.63, 3.8) is 0 Å². The lowest BCUT2D eigenvalue weighted by Gasteiger charge is -2.37. The van der Waals surface area contributed by atoms with Crippen LogP contribution in [0.15, 0.2) is 72.8 Å². The zero-order valence-electron chi connectivity index (χ0n) is 21.4. The van der Waals surface area contributed by atoms with E-state index < -0.39 is 0 Å². The lowest BCUT2D eigenvalue weighted by atomic mass is 9.64. The smallest absolute Gasteiger partial charge is 0.161 e. The minimum Gasteiger partial charge on any atom is -0.493 e. The highest BCUT2D eigenvalue weighted by Crippen LogP contribution is 2.84. The number of benzene rings is 4. The number of fused-ring (bicyclic) bond motifs is 12. The minimum atomic E-state index is -0.0766. The topological polar surface area (TPSA) is 36.9 Å². The maximum atomic E-state index is 5.82. The zero-order chi connectivity index (χ0) is 25.1. The van der Waals surface area contributed by atoms with Gasteiger partial charge in [-0.1, -0.05) is 48.5 Å². The Morgan fingerprint density at radius 2 is 0.649 bits per heavy atom. The summed E-state index contributed by atoms with van der Waals surface area (Å²) in [6.45, 7) is 0. The van der Waals surface area contributed by atoms with Gasteiger partial charge < -0.3 is 18.9 Å². The molecule has 0 fully saturated rings. The van der Waals surface area contributed by atoms with Gasteiger partial charge >= 0.3 is 0 Å². The van der Waals surface area contributed by atoms with Gasteiger partial charge in [-0.05, 0) is 68.8 Å². The predicted molar refractivity (Wildman–Crippen MR) is 142 cm³/mol. The fraction of sp³-hybridized carbons (Fsp3) is 0.273. The molecular formula is C33H28O4. The van der Waals surface area contributed by atoms with E-state index in [0.717, 1.165) is 23.0 Å². The molecule has 0 N–H and O–H groups in total. The summed E-state index contributed by atoms with van der Waals surface area (Å²) < 4.78 is 23.3. The summed E-state index contributed by atoms with van der Waals surface area (Å²) >= 11 is 0. The fourth-order valence-electron chi connectivity index (χ4n) is 8.72. The molecule has 0 aliphatic heterocycles. The molecule has 37 heavy (non-hydrogen) atoms. The lowest BCUT2D eigenvalue weighted by molar-refractivity contribution is 0.241. The van der Waals surface area contributed by atoms with Gasteiger partial charge in [0.1, 0.15) is 0 Å². The van der Waals surface area contributed by atoms with E-state index in [0.29, 0.717) is 0 Å². The molecular weight excluding hydrogens is 460 g/mol. The highest BCUT2D eigenvalue weighted by atomic mass is 16.5. The highest BCUT2D eigenvalue weighted by molar-refractivity contribution is 5.76. The molecule has 4 aliphatic carbocycles. The Morgan fingerprint density at radius 3 is 0.865 bits per heavy atom. The van der Waals surface area contributed by atoms with Crippen LogP contribution in [-0.4, -0.2) is 28.4 Å². The molecule has 0 amide bonds. The highest BCUT2D eigenvalue weighted by Gasteiger charge is 2.73. The summed E-state index contributed by atoms with van der Waals surface area (Å²) in [5.74, 6) is 4.16. The molecule has 4 aromatic carbocycles. The van der Waals surface area contributed by atoms with Gasteiger partial charge in [0.15, 0.2) is 23.0 Å². The van der Waals surface area contributed by atoms with Crippen molar-refractivity contribution in [1.82, 2.24) is 0 Å². The van der Waals surface area contributed by atoms with E-state index in [1.54, 1.807) is 28.4 Å². The van der Waals surface area contributed by atoms with Gasteiger partial charge in [0.25, 0.3) is 0 Å². The van der Waals surface area contributed by atoms with Crippen LogP contribution >= 0.6 is 0 Å². The maximum Gasteiger partial charge on any atom is 0.161 e. The third-order valence-corrected chi connectivity index (χ3v) is 9.66. The summed E-state index contributed by atoms with van der Waals surface area (Å²) in [5.41, 5.74) is 11.1. The van der Waals surface area contributed by atoms with E-state index in [-0.39, 0.29) is 29.1 Å². The van der Waals surface area contributed by atoms with Crippen LogP contribution in [0.2, 0.25) is 0 Å². The minimum absolute atomic E-state index is 0.0766. The zero-order valence-corrected chi connectivity index (χ0v) is 21.4. The standard InChI is InChI=1S/C33H28O4/c1-34-25-13-21-22(14-26(25)35-2)30-19-11-7-8-12-20(19)32-24-16-28(37-4)27(36-3)15-23(24)31-18-10-6-5-9-17(18)29(21)33(30,31)32/h5-16,29-32H,1-4H3/t29-,30-,31-,32-,33?/m0/s1. The molecule has 0 saturated heterocycles. The number of ether oxygens (including phenoxy) is 4. The van der Waals surface area contributed by atoms with Gasteiger partial charge in [0.2, 0.25) is 0 Å². The maximum absolute atomic E-state index is 5.82. The van der Waals surface area contributed by atoms with Crippen LogP contribution in [0.4, 0.5) is 0 Å². The predicted octanol–water partition coefficient (Wildman–Crippen LogP) is 6.59. The molecule has 4 heteroatoms. The second kappa shape index (κ2) is 7.10. The van der Waals surface area contributed by atoms with Crippen LogP contribution in [0.5, 0.6) is 23.0 Å². The first-order valence-electron chi connectivity index (χ1n) is 12.9. The SMILES string of the molecule is COc1cc2c(cc1OC)[C@@H]1c3ccccc3[C@H]3c4cc(OC)c(OC)cc4[C@@H]4c5ccccc5[C@@H]2C143. The van der Waals surface area contributed by atoms with E-state index in [1.165, 1.54) is 44.5 Å². The normalized spacial score (nSPS) is 26.5. The third-order valence-electron chi connectivity index (χ3n) is 9.66. The molecule has 4 aromatic rings. The van der Waals surface area contributed by atoms with Crippen molar-refractivity contribution in [3.05, 3.63) is 117 Å². The number of hydrogen-bond donors (Lipinski definition) is 0. The largest absolute Gasteiger partial charge is 0.493 e. The van der Waals surface area contributed by atoms with Crippen LogP contribution in [0.3, 0.4) is 0 Å². The van der Waals surface area contributed by atoms with Crippen molar-refractivity contribution in [3.8, 4) is 23.0 Å². The van der Waals surface area contributed by atoms with Crippen LogP contribution in [-0.2, 0) is 0 Å². The van der Waals surface area contributed by atoms with Crippen molar-refractivity contribution in [2.45, 2.75) is 23.7 Å². The number of rotatable bonds is 4. The summed E-state index contributed by atoms with van der Waals surface area (Å²) in [7, 11) is 6.91. The first-order valence-corrected chi connectivity index (χ1v) is 12.9. The van der Waals surface area contributed by atoms with Gasteiger partial charge in [-0.2, -0.15) is 0 Å². The lowest BCUT2D eigenvalue weighted by Crippen LogP contribution is -2.30. The van der Waals surface area contributed by atoms with Crippen LogP contribution in [0, 0.1) is 5.41 Å². The molecule has 4 nitrogen and oxygen atoms in total. The number of hydrogen-bond acceptors (Lipinski definition) is 4. The van der Waals surface area contributed by atoms with E-state index in [9.17, 15) is 0 Å². The van der Waals surface area contributed by atoms with Crippen molar-refractivity contribution < 1.29 is 18.9 Å². The molecule has 0 bridgehead atoms. The quantitative estimate of drug-likeness (QED) is 0.325. The van der Waals surface area contributed by atoms with E-state index >= 15 is 0 Å². The van der Waals surface area contributed by atoms with Gasteiger partial charge in [-0.15, -0.1) is 0 Å². The van der Waals surface area contributed by atoms with Crippen molar-refractivity contribution in [1.29, 1.82) is 0 Å². The summed E-state index contributed by atoms with van der Waals surface area (Å²) in [6.07, 6.45) is 0. The van der Waals surface area contributed by atoms with Gasteiger partial charge in [0.05, 0.1) is 28.4 Å². The average Bonchev–Trinajstić information content (AvgIpc) is 3.58. The van der Waals surface area contributed by atoms with Gasteiger partial charge in [-0.25, -0.2) is 0 Å². The monoisotopic (exact) mass is 488 g/mol. The van der Waals surface area contributed by atoms with E-state index in [1.807, 2.05) is 0 Å². The number of methoxy groups -OCH3 is 4. The Kier molecular flexibility index (Phi) is 4.06. The summed E-state index contributed by atoms with van der Waals surface area (Å²) in [5, 5.41) is 0. The Hall–Kier alpha value is -3.92. The summed E-state index contributed by atoms with van der Waals surface area (Å²) in [6, 6.07) is 27.1. The van der Waals surface area contributed by atoms with Gasteiger partial charge in [-0.3, -0.25) is 0 Å². The molecule has 0 radical (unpaired) electrons. The van der Waals surface area contributed by atoms with Crippen LogP contribution in [0.25, 0.3) is 0 Å². The average molecular weight is 489 g/mol. The molecule has 0 saturated carbocycles. The molecule has 0 unspecified atom stereocenters. The molecule has 8 rings (SSSR count). The van der Waals surface area contributed by atoms with Crippen molar-refractivity contribution >= 4 is 0 Å². The third kappa shape index (κ3) is 2.23. The van der Waals surface area contributed by atoms with Crippen molar-refractivity contribution in [2.24, 2.45) is 5.41 Å². The van der Waals surface area contributed by atoms with Crippen LogP contribution in [0.1, 0.15) is 68.2 Å². The Labute approximate surface area is 216 Å². The van der Waals surface area contributed by atoms with Gasteiger partial charge in [0, 0.05) is 29.1 Å². The van der Waals surface area contributed by atoms with E-state index in [4.69, 9.17) is 18.9 Å². The van der Waals surface area contributed by atoms with Crippen LogP contribution < -0.4 is 18.9 Å². The second-order valence-electron chi connectivity index (χ2n) is 10.7. The Bertz CT molecular complexity index is 1380. The first-order chi connectivity index (χ1) is 18.2. The molecule has 184 valence electrons. The Balaban J connectivity index is 1.53. The first kappa shape index (κ1) is 21.2. The molecule has 0 heterocycles. The summed E-state index contributed by atoms with van der Waals surface area (Å²) in [4.78, 5) is 0. The van der Waals surface area contributed by atoms with Crippen molar-refractivity contribution in [2.75, 3.05) is 28.4 Å². The molecule has 4 atom stereocenters. The van der Waals surface area contributed by atoms with E-state index in [2.05, 4.69) is 72.8 Å². The fourth-order valence-corrected chi connectivity index (χ4v) is 8.72. The molecule has 1 spiro atoms. The second-order valence-corrected chi connectivity index (χ2v) is 10.7. The Morgan fingerprint density at radius 1 is 0.405 bits per heavy atom. The molecule has 0 aromatic heterocycles.